The van der Waals surface area contributed by atoms with Crippen molar-refractivity contribution in [3.05, 3.63) is 36.1 Å². The molecule has 3 rings (SSSR count). The Balaban J connectivity index is 0. The Morgan fingerprint density at radius 3 is 1.89 bits per heavy atom. The fraction of sp³-hybridized carbons (Fsp3) is 0.636. The molecule has 0 aliphatic heterocycles. The molecule has 2 N–H and O–H groups in total. The zero-order valence-electron chi connectivity index (χ0n) is 17.3. The largest absolute Gasteiger partial charge is 2.00 e. The normalized spacial score (nSPS) is 16.7. The summed E-state index contributed by atoms with van der Waals surface area (Å²) in [6.45, 7) is 3.68. The van der Waals surface area contributed by atoms with Crippen molar-refractivity contribution in [3.8, 4) is 0 Å². The third-order valence-corrected chi connectivity index (χ3v) is 4.69. The van der Waals surface area contributed by atoms with Crippen LogP contribution in [0.25, 0.3) is 0 Å². The third-order valence-electron chi connectivity index (χ3n) is 4.69. The maximum atomic E-state index is 9.60. The van der Waals surface area contributed by atoms with E-state index in [9.17, 15) is 9.59 Å². The van der Waals surface area contributed by atoms with Gasteiger partial charge in [0.2, 0.25) is 0 Å². The summed E-state index contributed by atoms with van der Waals surface area (Å²) in [5.41, 5.74) is 7.06. The van der Waals surface area contributed by atoms with Gasteiger partial charge < -0.3 is 17.6 Å². The van der Waals surface area contributed by atoms with Gasteiger partial charge in [-0.2, -0.15) is 5.57 Å². The van der Waals surface area contributed by atoms with Gasteiger partial charge in [0.15, 0.2) is 0 Å². The second-order valence-corrected chi connectivity index (χ2v) is 6.85. The molecule has 0 saturated heterocycles. The Morgan fingerprint density at radius 1 is 0.889 bits per heavy atom. The van der Waals surface area contributed by atoms with Gasteiger partial charge in [-0.25, -0.2) is 12.0 Å². The molecule has 0 bridgehead atoms. The minimum atomic E-state index is -0.711. The van der Waals surface area contributed by atoms with E-state index in [0.29, 0.717) is 12.8 Å². The zero-order chi connectivity index (χ0) is 18.7. The number of hydrogen-bond donors (Lipinski definition) is 2. The van der Waals surface area contributed by atoms with Gasteiger partial charge in [0.05, 0.1) is 0 Å². The Kier molecular flexibility index (Phi) is 16.7. The number of fused-ring (bicyclic) bond motifs is 1. The molecule has 3 aliphatic carbocycles. The molecule has 0 aromatic carbocycles. The predicted octanol–water partition coefficient (Wildman–Crippen LogP) is 6.14. The van der Waals surface area contributed by atoms with Crippen LogP contribution in [0.15, 0.2) is 22.3 Å². The molecule has 0 unspecified atom stereocenters. The first-order valence-corrected chi connectivity index (χ1v) is 9.69. The van der Waals surface area contributed by atoms with Gasteiger partial charge in [-0.05, 0) is 38.5 Å². The Bertz CT molecular complexity index is 474. The first kappa shape index (κ1) is 28.2. The van der Waals surface area contributed by atoms with Gasteiger partial charge in [-0.3, -0.25) is 9.59 Å². The molecule has 27 heavy (non-hydrogen) atoms. The molecule has 0 saturated carbocycles. The SMILES string of the molecule is CCCC(=O)O.CCCC(=O)O.[CH-]1CCCC2=C1CC1=C2CCCC1.[CH3-].[Ti+2]. The molecule has 3 aliphatic rings. The number of allylic oxidation sites excluding steroid dienone is 4. The number of carboxylic acid groups (broad SMARTS) is 2. The topological polar surface area (TPSA) is 74.6 Å². The first-order chi connectivity index (χ1) is 12.0. The Hall–Kier alpha value is -0.996. The first-order valence-electron chi connectivity index (χ1n) is 9.69. The minimum Gasteiger partial charge on any atom is -0.481 e. The van der Waals surface area contributed by atoms with Crippen LogP contribution in [0.4, 0.5) is 0 Å². The summed E-state index contributed by atoms with van der Waals surface area (Å²) in [4.78, 5) is 19.2. The van der Waals surface area contributed by atoms with Crippen LogP contribution in [0, 0.1) is 13.8 Å². The average molecular weight is 412 g/mol. The van der Waals surface area contributed by atoms with Gasteiger partial charge in [-0.15, -0.1) is 12.0 Å². The van der Waals surface area contributed by atoms with Crippen LogP contribution in [0.1, 0.15) is 90.9 Å². The van der Waals surface area contributed by atoms with Crippen LogP contribution >= 0.6 is 0 Å². The van der Waals surface area contributed by atoms with Gasteiger partial charge in [0.25, 0.3) is 0 Å². The summed E-state index contributed by atoms with van der Waals surface area (Å²) >= 11 is 0. The van der Waals surface area contributed by atoms with Crippen molar-refractivity contribution < 1.29 is 41.5 Å². The summed E-state index contributed by atoms with van der Waals surface area (Å²) in [6.07, 6.45) is 15.7. The molecule has 0 atom stereocenters. The van der Waals surface area contributed by atoms with Crippen molar-refractivity contribution in [1.82, 2.24) is 0 Å². The van der Waals surface area contributed by atoms with Crippen molar-refractivity contribution in [2.75, 3.05) is 0 Å². The van der Waals surface area contributed by atoms with E-state index in [1.54, 1.807) is 22.3 Å². The van der Waals surface area contributed by atoms with Crippen molar-refractivity contribution in [2.24, 2.45) is 0 Å². The van der Waals surface area contributed by atoms with E-state index in [-0.39, 0.29) is 29.1 Å². The molecule has 0 aromatic heterocycles. The standard InChI is InChI=1S/C13H17.2C4H8O2.CH3.Ti/c1-3-7-12-10(5-1)9-11-6-2-4-8-13(11)12;2*1-2-3-4(5)6;;/h5H,1-4,6-9H2;2*2-3H2,1H3,(H,5,6);1H3;/q-1;;;-1;+2. The van der Waals surface area contributed by atoms with E-state index in [2.05, 4.69) is 6.42 Å². The maximum Gasteiger partial charge on any atom is 2.00 e. The number of carboxylic acids is 2. The second kappa shape index (κ2) is 16.0. The van der Waals surface area contributed by atoms with Gasteiger partial charge in [0.1, 0.15) is 0 Å². The quantitative estimate of drug-likeness (QED) is 0.430. The Morgan fingerprint density at radius 2 is 1.41 bits per heavy atom. The van der Waals surface area contributed by atoms with Crippen LogP contribution in [0.5, 0.6) is 0 Å². The molecular formula is C22H36O4Ti. The van der Waals surface area contributed by atoms with Crippen LogP contribution in [-0.4, -0.2) is 22.2 Å². The molecule has 4 nitrogen and oxygen atoms in total. The summed E-state index contributed by atoms with van der Waals surface area (Å²) in [6, 6.07) is 0. The molecule has 5 heteroatoms. The molecule has 0 fully saturated rings. The molecule has 0 amide bonds. The summed E-state index contributed by atoms with van der Waals surface area (Å²) in [7, 11) is 0. The molecule has 152 valence electrons. The van der Waals surface area contributed by atoms with Crippen LogP contribution in [0.2, 0.25) is 0 Å². The van der Waals surface area contributed by atoms with Gasteiger partial charge in [-0.1, -0.05) is 38.7 Å². The fourth-order valence-corrected chi connectivity index (χ4v) is 3.55. The smallest absolute Gasteiger partial charge is 0.481 e. The van der Waals surface area contributed by atoms with E-state index in [1.165, 1.54) is 51.4 Å². The number of carbonyl (C=O) groups is 2. The van der Waals surface area contributed by atoms with Crippen LogP contribution in [0.3, 0.4) is 0 Å². The minimum absolute atomic E-state index is 0. The maximum absolute atomic E-state index is 9.60. The van der Waals surface area contributed by atoms with Crippen molar-refractivity contribution >= 4 is 11.9 Å². The van der Waals surface area contributed by atoms with E-state index < -0.39 is 11.9 Å². The van der Waals surface area contributed by atoms with Crippen LogP contribution < -0.4 is 0 Å². The molecule has 0 radical (unpaired) electrons. The summed E-state index contributed by atoms with van der Waals surface area (Å²) in [5.74, 6) is -1.42. The van der Waals surface area contributed by atoms with Gasteiger partial charge >= 0.3 is 33.7 Å². The average Bonchev–Trinajstić information content (AvgIpc) is 2.94. The van der Waals surface area contributed by atoms with Gasteiger partial charge in [0, 0.05) is 12.8 Å². The Labute approximate surface area is 180 Å². The van der Waals surface area contributed by atoms with Crippen LogP contribution in [-0.2, 0) is 31.3 Å². The number of hydrogen-bond acceptors (Lipinski definition) is 2. The van der Waals surface area contributed by atoms with E-state index >= 15 is 0 Å². The predicted molar refractivity (Wildman–Crippen MR) is 107 cm³/mol. The summed E-state index contributed by atoms with van der Waals surface area (Å²) < 4.78 is 0. The van der Waals surface area contributed by atoms with E-state index in [1.807, 2.05) is 13.8 Å². The van der Waals surface area contributed by atoms with Crippen molar-refractivity contribution in [3.63, 3.8) is 0 Å². The van der Waals surface area contributed by atoms with Crippen molar-refractivity contribution in [2.45, 2.75) is 90.9 Å². The molecular weight excluding hydrogens is 376 g/mol. The monoisotopic (exact) mass is 412 g/mol. The molecule has 0 aromatic rings. The fourth-order valence-electron chi connectivity index (χ4n) is 3.55. The van der Waals surface area contributed by atoms with Crippen molar-refractivity contribution in [1.29, 1.82) is 0 Å². The third kappa shape index (κ3) is 10.8. The summed E-state index contributed by atoms with van der Waals surface area (Å²) in [5, 5.41) is 15.8. The number of aliphatic carboxylic acids is 2. The zero-order valence-corrected chi connectivity index (χ0v) is 18.8. The number of rotatable bonds is 4. The second-order valence-electron chi connectivity index (χ2n) is 6.85. The molecule has 0 heterocycles. The van der Waals surface area contributed by atoms with E-state index in [4.69, 9.17) is 10.2 Å². The van der Waals surface area contributed by atoms with E-state index in [0.717, 1.165) is 12.8 Å². The molecule has 0 spiro atoms.